The van der Waals surface area contributed by atoms with Crippen LogP contribution in [0.2, 0.25) is 0 Å². The summed E-state index contributed by atoms with van der Waals surface area (Å²) >= 11 is 0. The van der Waals surface area contributed by atoms with Crippen LogP contribution in [0.25, 0.3) is 0 Å². The summed E-state index contributed by atoms with van der Waals surface area (Å²) in [6.07, 6.45) is 10.7. The van der Waals surface area contributed by atoms with Gasteiger partial charge in [-0.15, -0.1) is 0 Å². The number of ether oxygens (including phenoxy) is 1. The molecule has 1 atom stereocenters. The van der Waals surface area contributed by atoms with Gasteiger partial charge in [0.1, 0.15) is 5.75 Å². The number of para-hydroxylation sites is 1. The SMILES string of the molecule is Cc1cccc2c1OCCCC2NC1CCCCCC1. The van der Waals surface area contributed by atoms with E-state index in [0.29, 0.717) is 12.1 Å². The lowest BCUT2D eigenvalue weighted by Gasteiger charge is -2.25. The van der Waals surface area contributed by atoms with Gasteiger partial charge in [0.15, 0.2) is 0 Å². The molecule has 0 amide bonds. The van der Waals surface area contributed by atoms with Crippen molar-refractivity contribution >= 4 is 0 Å². The average Bonchev–Trinajstić information content (AvgIpc) is 2.82. The Hall–Kier alpha value is -1.02. The minimum absolute atomic E-state index is 0.482. The zero-order valence-corrected chi connectivity index (χ0v) is 12.7. The largest absolute Gasteiger partial charge is 0.493 e. The van der Waals surface area contributed by atoms with E-state index in [1.165, 1.54) is 56.1 Å². The molecule has 110 valence electrons. The van der Waals surface area contributed by atoms with Crippen molar-refractivity contribution in [2.75, 3.05) is 6.61 Å². The molecule has 1 aromatic carbocycles. The van der Waals surface area contributed by atoms with E-state index in [4.69, 9.17) is 4.74 Å². The van der Waals surface area contributed by atoms with E-state index in [-0.39, 0.29) is 0 Å². The van der Waals surface area contributed by atoms with Gasteiger partial charge in [-0.2, -0.15) is 0 Å². The van der Waals surface area contributed by atoms with Crippen LogP contribution in [0, 0.1) is 6.92 Å². The van der Waals surface area contributed by atoms with E-state index in [1.807, 2.05) is 0 Å². The molecule has 0 bridgehead atoms. The zero-order valence-electron chi connectivity index (χ0n) is 12.7. The lowest BCUT2D eigenvalue weighted by Crippen LogP contribution is -2.32. The molecule has 1 aromatic rings. The van der Waals surface area contributed by atoms with Crippen LogP contribution in [0.5, 0.6) is 5.75 Å². The summed E-state index contributed by atoms with van der Waals surface area (Å²) in [5.41, 5.74) is 2.66. The second-order valence-electron chi connectivity index (χ2n) is 6.39. The van der Waals surface area contributed by atoms with Gasteiger partial charge in [-0.1, -0.05) is 43.9 Å². The lowest BCUT2D eigenvalue weighted by molar-refractivity contribution is 0.311. The molecule has 1 heterocycles. The molecule has 20 heavy (non-hydrogen) atoms. The van der Waals surface area contributed by atoms with Crippen LogP contribution in [0.3, 0.4) is 0 Å². The third-order valence-corrected chi connectivity index (χ3v) is 4.79. The van der Waals surface area contributed by atoms with Gasteiger partial charge in [-0.05, 0) is 38.2 Å². The predicted octanol–water partition coefficient (Wildman–Crippen LogP) is 4.52. The molecule has 1 saturated carbocycles. The Balaban J connectivity index is 1.77. The molecule has 2 aliphatic rings. The standard InChI is InChI=1S/C18H27NO/c1-14-8-6-11-16-17(12-7-13-20-18(14)16)19-15-9-4-2-3-5-10-15/h6,8,11,15,17,19H,2-5,7,9-10,12-13H2,1H3. The highest BCUT2D eigenvalue weighted by Gasteiger charge is 2.23. The summed E-state index contributed by atoms with van der Waals surface area (Å²) in [6, 6.07) is 7.77. The highest BCUT2D eigenvalue weighted by Crippen LogP contribution is 2.35. The summed E-state index contributed by atoms with van der Waals surface area (Å²) in [4.78, 5) is 0. The predicted molar refractivity (Wildman–Crippen MR) is 83.3 cm³/mol. The molecule has 1 N–H and O–H groups in total. The quantitative estimate of drug-likeness (QED) is 0.800. The molecule has 1 unspecified atom stereocenters. The van der Waals surface area contributed by atoms with Crippen molar-refractivity contribution in [2.45, 2.75) is 70.4 Å². The van der Waals surface area contributed by atoms with Crippen LogP contribution in [0.4, 0.5) is 0 Å². The van der Waals surface area contributed by atoms with E-state index in [0.717, 1.165) is 18.8 Å². The van der Waals surface area contributed by atoms with Crippen molar-refractivity contribution in [1.82, 2.24) is 5.32 Å². The van der Waals surface area contributed by atoms with E-state index < -0.39 is 0 Å². The number of hydrogen-bond donors (Lipinski definition) is 1. The monoisotopic (exact) mass is 273 g/mol. The number of aryl methyl sites for hydroxylation is 1. The first-order chi connectivity index (χ1) is 9.84. The maximum Gasteiger partial charge on any atom is 0.126 e. The summed E-state index contributed by atoms with van der Waals surface area (Å²) < 4.78 is 5.98. The Morgan fingerprint density at radius 1 is 1.00 bits per heavy atom. The topological polar surface area (TPSA) is 21.3 Å². The van der Waals surface area contributed by atoms with Crippen molar-refractivity contribution in [3.8, 4) is 5.75 Å². The summed E-state index contributed by atoms with van der Waals surface area (Å²) in [5, 5.41) is 3.94. The smallest absolute Gasteiger partial charge is 0.126 e. The molecule has 0 radical (unpaired) electrons. The highest BCUT2D eigenvalue weighted by molar-refractivity contribution is 5.43. The molecule has 1 fully saturated rings. The van der Waals surface area contributed by atoms with Crippen LogP contribution >= 0.6 is 0 Å². The fourth-order valence-corrected chi connectivity index (χ4v) is 3.67. The minimum Gasteiger partial charge on any atom is -0.493 e. The van der Waals surface area contributed by atoms with Crippen LogP contribution in [0.15, 0.2) is 18.2 Å². The number of nitrogens with one attached hydrogen (secondary N) is 1. The average molecular weight is 273 g/mol. The van der Waals surface area contributed by atoms with Crippen LogP contribution in [-0.2, 0) is 0 Å². The second-order valence-corrected chi connectivity index (χ2v) is 6.39. The Morgan fingerprint density at radius 2 is 1.80 bits per heavy atom. The number of rotatable bonds is 2. The highest BCUT2D eigenvalue weighted by atomic mass is 16.5. The van der Waals surface area contributed by atoms with Gasteiger partial charge >= 0.3 is 0 Å². The van der Waals surface area contributed by atoms with Crippen molar-refractivity contribution < 1.29 is 4.74 Å². The first-order valence-electron chi connectivity index (χ1n) is 8.33. The van der Waals surface area contributed by atoms with Crippen LogP contribution in [-0.4, -0.2) is 12.6 Å². The molecule has 0 aromatic heterocycles. The lowest BCUT2D eigenvalue weighted by atomic mass is 9.97. The Labute approximate surface area is 122 Å². The fourth-order valence-electron chi connectivity index (χ4n) is 3.67. The molecule has 2 heteroatoms. The fraction of sp³-hybridized carbons (Fsp3) is 0.667. The van der Waals surface area contributed by atoms with E-state index >= 15 is 0 Å². The van der Waals surface area contributed by atoms with Gasteiger partial charge in [-0.25, -0.2) is 0 Å². The maximum atomic E-state index is 5.98. The minimum atomic E-state index is 0.482. The zero-order chi connectivity index (χ0) is 13.8. The Bertz CT molecular complexity index is 435. The molecule has 2 nitrogen and oxygen atoms in total. The van der Waals surface area contributed by atoms with Crippen molar-refractivity contribution in [1.29, 1.82) is 0 Å². The van der Waals surface area contributed by atoms with E-state index in [9.17, 15) is 0 Å². The molecule has 1 aliphatic carbocycles. The first-order valence-corrected chi connectivity index (χ1v) is 8.33. The van der Waals surface area contributed by atoms with Gasteiger partial charge in [0, 0.05) is 17.6 Å². The van der Waals surface area contributed by atoms with Gasteiger partial charge < -0.3 is 10.1 Å². The molecule has 1 aliphatic heterocycles. The molecule has 3 rings (SSSR count). The second kappa shape index (κ2) is 6.62. The van der Waals surface area contributed by atoms with Gasteiger partial charge in [0.25, 0.3) is 0 Å². The third-order valence-electron chi connectivity index (χ3n) is 4.79. The van der Waals surface area contributed by atoms with Crippen molar-refractivity contribution in [3.05, 3.63) is 29.3 Å². The summed E-state index contributed by atoms with van der Waals surface area (Å²) in [6.45, 7) is 3.02. The molecule has 0 saturated heterocycles. The summed E-state index contributed by atoms with van der Waals surface area (Å²) in [5.74, 6) is 1.14. The maximum absolute atomic E-state index is 5.98. The third kappa shape index (κ3) is 3.17. The number of benzene rings is 1. The van der Waals surface area contributed by atoms with Gasteiger partial charge in [0.2, 0.25) is 0 Å². The van der Waals surface area contributed by atoms with Crippen LogP contribution < -0.4 is 10.1 Å². The van der Waals surface area contributed by atoms with Gasteiger partial charge in [0.05, 0.1) is 6.61 Å². The molecule has 0 spiro atoms. The Morgan fingerprint density at radius 3 is 2.60 bits per heavy atom. The van der Waals surface area contributed by atoms with E-state index in [2.05, 4.69) is 30.4 Å². The first kappa shape index (κ1) is 13.9. The normalized spacial score (nSPS) is 24.4. The van der Waals surface area contributed by atoms with Gasteiger partial charge in [-0.3, -0.25) is 0 Å². The number of hydrogen-bond acceptors (Lipinski definition) is 2. The van der Waals surface area contributed by atoms with E-state index in [1.54, 1.807) is 0 Å². The van der Waals surface area contributed by atoms with Crippen molar-refractivity contribution in [2.24, 2.45) is 0 Å². The summed E-state index contributed by atoms with van der Waals surface area (Å²) in [7, 11) is 0. The molecular formula is C18H27NO. The van der Waals surface area contributed by atoms with Crippen LogP contribution in [0.1, 0.15) is 68.5 Å². The van der Waals surface area contributed by atoms with Crippen molar-refractivity contribution in [3.63, 3.8) is 0 Å². The number of fused-ring (bicyclic) bond motifs is 1. The Kier molecular flexibility index (Phi) is 4.62. The molecular weight excluding hydrogens is 246 g/mol.